The van der Waals surface area contributed by atoms with Gasteiger partial charge in [-0.3, -0.25) is 0 Å². The number of nitrogens with two attached hydrogens (primary N) is 1. The first-order valence-electron chi connectivity index (χ1n) is 4.23. The van der Waals surface area contributed by atoms with Crippen molar-refractivity contribution in [1.29, 1.82) is 0 Å². The van der Waals surface area contributed by atoms with Crippen LogP contribution in [0.25, 0.3) is 0 Å². The second kappa shape index (κ2) is 5.27. The number of hydrogen-bond acceptors (Lipinski definition) is 4. The molecular formula is C10H10N2O2S. The van der Waals surface area contributed by atoms with E-state index in [-0.39, 0.29) is 11.4 Å². The predicted molar refractivity (Wildman–Crippen MR) is 61.0 cm³/mol. The molecule has 1 heterocycles. The molecule has 4 nitrogen and oxygen atoms in total. The summed E-state index contributed by atoms with van der Waals surface area (Å²) >= 11 is 4.01. The van der Waals surface area contributed by atoms with Crippen molar-refractivity contribution < 1.29 is 9.90 Å². The Morgan fingerprint density at radius 3 is 2.93 bits per heavy atom. The van der Waals surface area contributed by atoms with E-state index in [1.807, 2.05) is 0 Å². The minimum absolute atomic E-state index is 0.125. The van der Waals surface area contributed by atoms with Crippen LogP contribution < -0.4 is 5.73 Å². The van der Waals surface area contributed by atoms with E-state index in [1.165, 1.54) is 12.3 Å². The van der Waals surface area contributed by atoms with Gasteiger partial charge < -0.3 is 10.8 Å². The van der Waals surface area contributed by atoms with Gasteiger partial charge in [0.15, 0.2) is 5.69 Å². The van der Waals surface area contributed by atoms with Gasteiger partial charge in [0.05, 0.1) is 5.69 Å². The van der Waals surface area contributed by atoms with Crippen molar-refractivity contribution in [3.8, 4) is 11.8 Å². The van der Waals surface area contributed by atoms with Crippen LogP contribution >= 0.6 is 12.6 Å². The molecule has 0 saturated heterocycles. The number of carbonyl (C=O) groups is 1. The topological polar surface area (TPSA) is 76.2 Å². The van der Waals surface area contributed by atoms with E-state index < -0.39 is 5.97 Å². The van der Waals surface area contributed by atoms with Crippen molar-refractivity contribution in [2.75, 3.05) is 11.5 Å². The van der Waals surface area contributed by atoms with Crippen LogP contribution in [0.4, 0.5) is 5.69 Å². The smallest absolute Gasteiger partial charge is 0.356 e. The van der Waals surface area contributed by atoms with Crippen molar-refractivity contribution in [2.24, 2.45) is 0 Å². The standard InChI is InChI=1S/C10H10N2O2S/c11-8-5-7(3-1-2-4-15)6-12-9(8)10(13)14/h5-6,15H,2,4,11H2,(H,13,14). The molecule has 0 spiro atoms. The minimum atomic E-state index is -1.14. The highest BCUT2D eigenvalue weighted by Crippen LogP contribution is 2.10. The van der Waals surface area contributed by atoms with Gasteiger partial charge in [-0.2, -0.15) is 12.6 Å². The van der Waals surface area contributed by atoms with Gasteiger partial charge in [0.1, 0.15) is 0 Å². The highest BCUT2D eigenvalue weighted by molar-refractivity contribution is 7.80. The molecule has 0 aromatic carbocycles. The Kier molecular flexibility index (Phi) is 4.01. The largest absolute Gasteiger partial charge is 0.476 e. The molecule has 1 aromatic rings. The van der Waals surface area contributed by atoms with E-state index >= 15 is 0 Å². The van der Waals surface area contributed by atoms with Gasteiger partial charge in [0.2, 0.25) is 0 Å². The first-order valence-corrected chi connectivity index (χ1v) is 4.87. The number of pyridine rings is 1. The molecular weight excluding hydrogens is 212 g/mol. The number of nitrogen functional groups attached to an aromatic ring is 1. The molecule has 0 unspecified atom stereocenters. The number of rotatable bonds is 2. The first-order chi connectivity index (χ1) is 7.15. The van der Waals surface area contributed by atoms with E-state index in [1.54, 1.807) is 0 Å². The SMILES string of the molecule is Nc1cc(C#CCCS)cnc1C(=O)O. The van der Waals surface area contributed by atoms with Gasteiger partial charge in [-0.15, -0.1) is 0 Å². The molecule has 15 heavy (non-hydrogen) atoms. The summed E-state index contributed by atoms with van der Waals surface area (Å²) in [6, 6.07) is 1.50. The second-order valence-corrected chi connectivity index (χ2v) is 3.19. The van der Waals surface area contributed by atoms with Crippen LogP contribution in [0.1, 0.15) is 22.5 Å². The number of thiol groups is 1. The second-order valence-electron chi connectivity index (χ2n) is 2.74. The highest BCUT2D eigenvalue weighted by Gasteiger charge is 2.08. The fourth-order valence-corrected chi connectivity index (χ4v) is 1.06. The third-order valence-electron chi connectivity index (χ3n) is 1.59. The van der Waals surface area contributed by atoms with Crippen molar-refractivity contribution in [3.63, 3.8) is 0 Å². The average Bonchev–Trinajstić information content (AvgIpc) is 2.17. The van der Waals surface area contributed by atoms with E-state index in [9.17, 15) is 4.79 Å². The lowest BCUT2D eigenvalue weighted by atomic mass is 10.2. The lowest BCUT2D eigenvalue weighted by Crippen LogP contribution is -2.05. The van der Waals surface area contributed by atoms with Crippen LogP contribution in [0, 0.1) is 11.8 Å². The van der Waals surface area contributed by atoms with Crippen LogP contribution in [0.2, 0.25) is 0 Å². The van der Waals surface area contributed by atoms with Gasteiger partial charge in [-0.1, -0.05) is 11.8 Å². The molecule has 0 radical (unpaired) electrons. The van der Waals surface area contributed by atoms with Crippen LogP contribution in [0.5, 0.6) is 0 Å². The molecule has 78 valence electrons. The molecule has 0 saturated carbocycles. The number of carboxylic acids is 1. The molecule has 3 N–H and O–H groups in total. The maximum absolute atomic E-state index is 10.6. The van der Waals surface area contributed by atoms with Gasteiger partial charge in [0, 0.05) is 23.9 Å². The van der Waals surface area contributed by atoms with E-state index in [0.717, 1.165) is 0 Å². The summed E-state index contributed by atoms with van der Waals surface area (Å²) in [5.74, 6) is 5.22. The van der Waals surface area contributed by atoms with Crippen LogP contribution in [-0.4, -0.2) is 21.8 Å². The van der Waals surface area contributed by atoms with Crippen LogP contribution in [-0.2, 0) is 0 Å². The number of hydrogen-bond donors (Lipinski definition) is 3. The predicted octanol–water partition coefficient (Wildman–Crippen LogP) is 1.03. The number of carboxylic acid groups (broad SMARTS) is 1. The minimum Gasteiger partial charge on any atom is -0.476 e. The number of anilines is 1. The zero-order chi connectivity index (χ0) is 11.3. The van der Waals surface area contributed by atoms with Crippen molar-refractivity contribution in [3.05, 3.63) is 23.5 Å². The van der Waals surface area contributed by atoms with Gasteiger partial charge in [0.25, 0.3) is 0 Å². The van der Waals surface area contributed by atoms with Gasteiger partial charge >= 0.3 is 5.97 Å². The van der Waals surface area contributed by atoms with E-state index in [2.05, 4.69) is 29.5 Å². The molecule has 5 heteroatoms. The van der Waals surface area contributed by atoms with E-state index in [0.29, 0.717) is 17.7 Å². The Bertz CT molecular complexity index is 435. The molecule has 0 aliphatic heterocycles. The van der Waals surface area contributed by atoms with Crippen LogP contribution in [0.3, 0.4) is 0 Å². The Labute approximate surface area is 92.9 Å². The number of aromatic nitrogens is 1. The van der Waals surface area contributed by atoms with Crippen molar-refractivity contribution in [2.45, 2.75) is 6.42 Å². The fourth-order valence-electron chi connectivity index (χ4n) is 0.949. The summed E-state index contributed by atoms with van der Waals surface area (Å²) in [6.07, 6.45) is 2.06. The molecule has 0 atom stereocenters. The lowest BCUT2D eigenvalue weighted by Gasteiger charge is -1.98. The third kappa shape index (κ3) is 3.18. The Hall–Kier alpha value is -1.67. The maximum atomic E-state index is 10.6. The number of aromatic carboxylic acids is 1. The molecule has 0 aliphatic rings. The van der Waals surface area contributed by atoms with Gasteiger partial charge in [-0.25, -0.2) is 9.78 Å². The Balaban J connectivity index is 2.93. The molecule has 0 fully saturated rings. The number of nitrogens with zero attached hydrogens (tertiary/aromatic N) is 1. The highest BCUT2D eigenvalue weighted by atomic mass is 32.1. The van der Waals surface area contributed by atoms with Gasteiger partial charge in [-0.05, 0) is 6.07 Å². The van der Waals surface area contributed by atoms with Crippen molar-refractivity contribution >= 4 is 24.3 Å². The first kappa shape index (κ1) is 11.4. The summed E-state index contributed by atoms with van der Waals surface area (Å²) in [5.41, 5.74) is 6.09. The quantitative estimate of drug-likeness (QED) is 0.516. The van der Waals surface area contributed by atoms with Crippen molar-refractivity contribution in [1.82, 2.24) is 4.98 Å². The van der Waals surface area contributed by atoms with E-state index in [4.69, 9.17) is 10.8 Å². The molecule has 1 aromatic heterocycles. The maximum Gasteiger partial charge on any atom is 0.356 e. The zero-order valence-corrected chi connectivity index (χ0v) is 8.79. The summed E-state index contributed by atoms with van der Waals surface area (Å²) in [5, 5.41) is 8.68. The summed E-state index contributed by atoms with van der Waals surface area (Å²) in [4.78, 5) is 14.3. The normalized spacial score (nSPS) is 9.13. The Morgan fingerprint density at radius 2 is 2.40 bits per heavy atom. The zero-order valence-electron chi connectivity index (χ0n) is 7.90. The Morgan fingerprint density at radius 1 is 1.67 bits per heavy atom. The fraction of sp³-hybridized carbons (Fsp3) is 0.200. The monoisotopic (exact) mass is 222 g/mol. The lowest BCUT2D eigenvalue weighted by molar-refractivity contribution is 0.0692. The average molecular weight is 222 g/mol. The summed E-state index contributed by atoms with van der Waals surface area (Å²) in [7, 11) is 0. The summed E-state index contributed by atoms with van der Waals surface area (Å²) < 4.78 is 0. The summed E-state index contributed by atoms with van der Waals surface area (Å²) in [6.45, 7) is 0. The van der Waals surface area contributed by atoms with Crippen LogP contribution in [0.15, 0.2) is 12.3 Å². The molecule has 1 rings (SSSR count). The molecule has 0 aliphatic carbocycles. The third-order valence-corrected chi connectivity index (χ3v) is 1.81. The molecule has 0 amide bonds. The molecule has 0 bridgehead atoms.